The summed E-state index contributed by atoms with van der Waals surface area (Å²) in [6.45, 7) is 3.96. The van der Waals surface area contributed by atoms with Crippen molar-refractivity contribution in [2.75, 3.05) is 11.1 Å². The van der Waals surface area contributed by atoms with E-state index in [1.54, 1.807) is 0 Å². The zero-order valence-corrected chi connectivity index (χ0v) is 14.7. The molecule has 0 aliphatic rings. The van der Waals surface area contributed by atoms with E-state index in [1.807, 2.05) is 0 Å². The summed E-state index contributed by atoms with van der Waals surface area (Å²) in [4.78, 5) is 11.6. The average molecular weight is 393 g/mol. The Balaban J connectivity index is 2.52. The summed E-state index contributed by atoms with van der Waals surface area (Å²) in [5.74, 6) is -2.02. The minimum atomic E-state index is -5.09. The molecule has 1 aromatic carbocycles. The first-order valence-electron chi connectivity index (χ1n) is 7.18. The zero-order chi connectivity index (χ0) is 19.7. The molecule has 0 spiro atoms. The van der Waals surface area contributed by atoms with Crippen molar-refractivity contribution in [3.05, 3.63) is 29.2 Å². The van der Waals surface area contributed by atoms with Crippen molar-refractivity contribution in [1.82, 2.24) is 10.2 Å². The molecule has 1 N–H and O–H groups in total. The molecular weight excluding hydrogens is 379 g/mol. The van der Waals surface area contributed by atoms with Crippen LogP contribution in [-0.4, -0.2) is 36.6 Å². The van der Waals surface area contributed by atoms with E-state index in [2.05, 4.69) is 20.3 Å². The van der Waals surface area contributed by atoms with Crippen molar-refractivity contribution in [1.29, 1.82) is 0 Å². The standard InChI is InChI=1S/C14H14F3N3O5S/c1-4-26(22,23)11-7(2)9(5-6-10(11)25-14(15,16)17)12(21)18-13-20-19-8(3)24-13/h5-6H,4H2,1-3H3,(H,18,20,21). The van der Waals surface area contributed by atoms with Crippen molar-refractivity contribution in [2.24, 2.45) is 0 Å². The summed E-state index contributed by atoms with van der Waals surface area (Å²) in [5, 5.41) is 9.31. The lowest BCUT2D eigenvalue weighted by Crippen LogP contribution is -2.21. The van der Waals surface area contributed by atoms with Gasteiger partial charge >= 0.3 is 12.4 Å². The van der Waals surface area contributed by atoms with Crippen LogP contribution < -0.4 is 10.1 Å². The third-order valence-corrected chi connectivity index (χ3v) is 5.17. The minimum Gasteiger partial charge on any atom is -0.408 e. The Labute approximate surface area is 146 Å². The molecule has 0 saturated carbocycles. The lowest BCUT2D eigenvalue weighted by atomic mass is 10.1. The van der Waals surface area contributed by atoms with E-state index in [-0.39, 0.29) is 23.0 Å². The maximum Gasteiger partial charge on any atom is 0.573 e. The van der Waals surface area contributed by atoms with Gasteiger partial charge in [-0.05, 0) is 24.6 Å². The summed E-state index contributed by atoms with van der Waals surface area (Å²) >= 11 is 0. The quantitative estimate of drug-likeness (QED) is 0.831. The van der Waals surface area contributed by atoms with E-state index >= 15 is 0 Å². The highest BCUT2D eigenvalue weighted by Gasteiger charge is 2.35. The highest BCUT2D eigenvalue weighted by atomic mass is 32.2. The molecule has 0 bridgehead atoms. The molecule has 26 heavy (non-hydrogen) atoms. The van der Waals surface area contributed by atoms with E-state index in [4.69, 9.17) is 4.42 Å². The molecule has 8 nitrogen and oxygen atoms in total. The summed E-state index contributed by atoms with van der Waals surface area (Å²) in [7, 11) is -4.11. The molecule has 142 valence electrons. The highest BCUT2D eigenvalue weighted by Crippen LogP contribution is 2.34. The molecule has 0 saturated heterocycles. The van der Waals surface area contributed by atoms with Gasteiger partial charge in [0.25, 0.3) is 5.91 Å². The minimum absolute atomic E-state index is 0.178. The van der Waals surface area contributed by atoms with Gasteiger partial charge in [0.2, 0.25) is 5.89 Å². The number of aromatic nitrogens is 2. The van der Waals surface area contributed by atoms with E-state index in [0.717, 1.165) is 12.1 Å². The van der Waals surface area contributed by atoms with Gasteiger partial charge in [0.05, 0.1) is 5.75 Å². The van der Waals surface area contributed by atoms with Gasteiger partial charge in [0.1, 0.15) is 10.6 Å². The Hall–Kier alpha value is -2.63. The van der Waals surface area contributed by atoms with Gasteiger partial charge in [-0.2, -0.15) is 0 Å². The van der Waals surface area contributed by atoms with Crippen LogP contribution in [0.25, 0.3) is 0 Å². The van der Waals surface area contributed by atoms with Gasteiger partial charge in [0.15, 0.2) is 9.84 Å². The summed E-state index contributed by atoms with van der Waals surface area (Å²) in [6.07, 6.45) is -5.09. The van der Waals surface area contributed by atoms with Gasteiger partial charge in [0, 0.05) is 12.5 Å². The smallest absolute Gasteiger partial charge is 0.408 e. The van der Waals surface area contributed by atoms with E-state index in [9.17, 15) is 26.4 Å². The maximum atomic E-state index is 12.6. The van der Waals surface area contributed by atoms with E-state index < -0.39 is 38.5 Å². The molecule has 2 aromatic rings. The third kappa shape index (κ3) is 4.31. The van der Waals surface area contributed by atoms with Gasteiger partial charge in [-0.15, -0.1) is 18.3 Å². The van der Waals surface area contributed by atoms with Crippen LogP contribution in [0.15, 0.2) is 21.4 Å². The van der Waals surface area contributed by atoms with Crippen LogP contribution >= 0.6 is 0 Å². The second-order valence-corrected chi connectivity index (χ2v) is 7.31. The second kappa shape index (κ2) is 6.94. The zero-order valence-electron chi connectivity index (χ0n) is 13.8. The van der Waals surface area contributed by atoms with Crippen molar-refractivity contribution in [3.63, 3.8) is 0 Å². The summed E-state index contributed by atoms with van der Waals surface area (Å²) in [6, 6.07) is 1.56. The Morgan fingerprint density at radius 3 is 2.42 bits per heavy atom. The van der Waals surface area contributed by atoms with E-state index in [1.165, 1.54) is 20.8 Å². The molecule has 1 aromatic heterocycles. The van der Waals surface area contributed by atoms with E-state index in [0.29, 0.717) is 0 Å². The molecule has 0 unspecified atom stereocenters. The number of hydrogen-bond acceptors (Lipinski definition) is 7. The van der Waals surface area contributed by atoms with Crippen LogP contribution in [-0.2, 0) is 9.84 Å². The van der Waals surface area contributed by atoms with Crippen LogP contribution in [0.4, 0.5) is 19.2 Å². The van der Waals surface area contributed by atoms with Crippen molar-refractivity contribution in [3.8, 4) is 5.75 Å². The monoisotopic (exact) mass is 393 g/mol. The molecule has 0 aliphatic heterocycles. The Morgan fingerprint density at radius 1 is 1.27 bits per heavy atom. The third-order valence-electron chi connectivity index (χ3n) is 3.28. The number of carbonyl (C=O) groups excluding carboxylic acids is 1. The fourth-order valence-corrected chi connectivity index (χ4v) is 3.44. The van der Waals surface area contributed by atoms with Crippen LogP contribution in [0.2, 0.25) is 0 Å². The normalized spacial score (nSPS) is 12.1. The molecule has 12 heteroatoms. The number of sulfone groups is 1. The number of nitrogens with one attached hydrogen (secondary N) is 1. The molecule has 0 atom stereocenters. The number of alkyl halides is 3. The fourth-order valence-electron chi connectivity index (χ4n) is 2.16. The molecule has 1 heterocycles. The number of amides is 1. The number of aryl methyl sites for hydroxylation is 1. The largest absolute Gasteiger partial charge is 0.573 e. The Bertz CT molecular complexity index is 938. The van der Waals surface area contributed by atoms with Crippen molar-refractivity contribution < 1.29 is 35.5 Å². The number of hydrogen-bond donors (Lipinski definition) is 1. The van der Waals surface area contributed by atoms with Gasteiger partial charge in [-0.25, -0.2) is 8.42 Å². The number of anilines is 1. The van der Waals surface area contributed by atoms with Crippen LogP contribution in [0.1, 0.15) is 28.7 Å². The van der Waals surface area contributed by atoms with Crippen LogP contribution in [0.3, 0.4) is 0 Å². The van der Waals surface area contributed by atoms with Crippen molar-refractivity contribution in [2.45, 2.75) is 32.0 Å². The molecule has 0 radical (unpaired) electrons. The number of rotatable bonds is 5. The summed E-state index contributed by atoms with van der Waals surface area (Å²) in [5.41, 5.74) is -0.371. The van der Waals surface area contributed by atoms with Gasteiger partial charge in [-0.1, -0.05) is 12.0 Å². The summed E-state index contributed by atoms with van der Waals surface area (Å²) < 4.78 is 71.0. The SMILES string of the molecule is CCS(=O)(=O)c1c(OC(F)(F)F)ccc(C(=O)Nc2nnc(C)o2)c1C. The predicted molar refractivity (Wildman–Crippen MR) is 82.6 cm³/mol. The average Bonchev–Trinajstić information content (AvgIpc) is 2.90. The number of ether oxygens (including phenoxy) is 1. The first-order valence-corrected chi connectivity index (χ1v) is 8.83. The molecular formula is C14H14F3N3O5S. The van der Waals surface area contributed by atoms with Crippen LogP contribution in [0.5, 0.6) is 5.75 Å². The lowest BCUT2D eigenvalue weighted by Gasteiger charge is -2.17. The molecule has 0 fully saturated rings. The van der Waals surface area contributed by atoms with Crippen molar-refractivity contribution >= 4 is 21.8 Å². The molecule has 0 aliphatic carbocycles. The molecule has 1 amide bonds. The topological polar surface area (TPSA) is 111 Å². The second-order valence-electron chi connectivity index (χ2n) is 5.10. The number of benzene rings is 1. The first kappa shape index (κ1) is 19.7. The van der Waals surface area contributed by atoms with Crippen LogP contribution in [0, 0.1) is 13.8 Å². The number of carbonyl (C=O) groups is 1. The number of halogens is 3. The first-order chi connectivity index (χ1) is 11.9. The highest BCUT2D eigenvalue weighted by molar-refractivity contribution is 7.91. The Kier molecular flexibility index (Phi) is 5.26. The molecule has 2 rings (SSSR count). The Morgan fingerprint density at radius 2 is 1.92 bits per heavy atom. The predicted octanol–water partition coefficient (Wildman–Crippen LogP) is 2.63. The fraction of sp³-hybridized carbons (Fsp3) is 0.357. The number of nitrogens with zero attached hydrogens (tertiary/aromatic N) is 2. The van der Waals surface area contributed by atoms with Gasteiger partial charge < -0.3 is 9.15 Å². The lowest BCUT2D eigenvalue weighted by molar-refractivity contribution is -0.275. The van der Waals surface area contributed by atoms with Gasteiger partial charge in [-0.3, -0.25) is 10.1 Å². The maximum absolute atomic E-state index is 12.6.